The van der Waals surface area contributed by atoms with Crippen LogP contribution in [0.15, 0.2) is 54.6 Å². The second kappa shape index (κ2) is 5.83. The van der Waals surface area contributed by atoms with Gasteiger partial charge in [-0.2, -0.15) is 0 Å². The second-order valence-corrected chi connectivity index (χ2v) is 5.14. The van der Waals surface area contributed by atoms with Crippen LogP contribution < -0.4 is 10.5 Å². The van der Waals surface area contributed by atoms with Gasteiger partial charge in [-0.1, -0.05) is 36.4 Å². The maximum absolute atomic E-state index is 6.08. The summed E-state index contributed by atoms with van der Waals surface area (Å²) < 4.78 is 5.86. The number of benzene rings is 2. The van der Waals surface area contributed by atoms with Gasteiger partial charge >= 0.3 is 0 Å². The van der Waals surface area contributed by atoms with Crippen LogP contribution in [0.2, 0.25) is 0 Å². The molecular weight excluding hydrogens is 246 g/mol. The Labute approximate surface area is 119 Å². The molecule has 0 saturated carbocycles. The van der Waals surface area contributed by atoms with Crippen molar-refractivity contribution in [1.82, 2.24) is 0 Å². The van der Waals surface area contributed by atoms with Crippen LogP contribution >= 0.6 is 0 Å². The van der Waals surface area contributed by atoms with E-state index in [1.807, 2.05) is 30.3 Å². The molecule has 1 aliphatic rings. The zero-order valence-electron chi connectivity index (χ0n) is 11.5. The van der Waals surface area contributed by atoms with E-state index in [4.69, 9.17) is 10.5 Å². The summed E-state index contributed by atoms with van der Waals surface area (Å²) in [6.45, 7) is 0.587. The fraction of sp³-hybridized carbons (Fsp3) is 0.222. The maximum Gasteiger partial charge on any atom is 0.120 e. The number of nitrogen functional groups attached to an aromatic ring is 1. The molecule has 1 aliphatic carbocycles. The van der Waals surface area contributed by atoms with Crippen molar-refractivity contribution in [2.75, 3.05) is 5.73 Å². The number of rotatable bonds is 4. The number of nitrogens with two attached hydrogens (primary N) is 1. The summed E-state index contributed by atoms with van der Waals surface area (Å²) in [6.07, 6.45) is 5.78. The molecule has 0 heterocycles. The normalized spacial score (nSPS) is 14.1. The average molecular weight is 265 g/mol. The van der Waals surface area contributed by atoms with E-state index in [-0.39, 0.29) is 0 Å². The monoisotopic (exact) mass is 265 g/mol. The standard InChI is InChI=1S/C18H19NO/c19-18-11-10-16(12-17(18)15-8-4-5-9-15)20-13-14-6-2-1-3-7-14/h1-3,6-8,10-12H,4-5,9,13,19H2. The summed E-state index contributed by atoms with van der Waals surface area (Å²) in [6, 6.07) is 16.1. The van der Waals surface area contributed by atoms with Crippen LogP contribution in [0.25, 0.3) is 5.57 Å². The van der Waals surface area contributed by atoms with Crippen molar-refractivity contribution < 1.29 is 4.74 Å². The molecule has 0 aliphatic heterocycles. The van der Waals surface area contributed by atoms with Gasteiger partial charge in [-0.3, -0.25) is 0 Å². The first-order chi connectivity index (χ1) is 9.83. The largest absolute Gasteiger partial charge is 0.489 e. The summed E-state index contributed by atoms with van der Waals surface area (Å²) in [5.41, 5.74) is 10.6. The van der Waals surface area contributed by atoms with Crippen LogP contribution in [0.1, 0.15) is 30.4 Å². The van der Waals surface area contributed by atoms with E-state index in [2.05, 4.69) is 24.3 Å². The smallest absolute Gasteiger partial charge is 0.120 e. The Kier molecular flexibility index (Phi) is 3.73. The quantitative estimate of drug-likeness (QED) is 0.831. The van der Waals surface area contributed by atoms with E-state index in [1.54, 1.807) is 0 Å². The van der Waals surface area contributed by atoms with Gasteiger partial charge < -0.3 is 10.5 Å². The lowest BCUT2D eigenvalue weighted by Crippen LogP contribution is -1.98. The van der Waals surface area contributed by atoms with Crippen molar-refractivity contribution in [1.29, 1.82) is 0 Å². The summed E-state index contributed by atoms with van der Waals surface area (Å²) in [5, 5.41) is 0. The number of ether oxygens (including phenoxy) is 1. The third kappa shape index (κ3) is 2.85. The SMILES string of the molecule is Nc1ccc(OCc2ccccc2)cc1C1=CCCC1. The van der Waals surface area contributed by atoms with Gasteiger partial charge in [0.05, 0.1) is 0 Å². The Morgan fingerprint density at radius 1 is 1.05 bits per heavy atom. The number of hydrogen-bond donors (Lipinski definition) is 1. The molecule has 2 heteroatoms. The molecule has 102 valence electrons. The van der Waals surface area contributed by atoms with Crippen molar-refractivity contribution in [3.05, 3.63) is 65.7 Å². The summed E-state index contributed by atoms with van der Waals surface area (Å²) >= 11 is 0. The zero-order chi connectivity index (χ0) is 13.8. The van der Waals surface area contributed by atoms with Gasteiger partial charge in [-0.15, -0.1) is 0 Å². The highest BCUT2D eigenvalue weighted by Crippen LogP contribution is 2.33. The molecule has 0 unspecified atom stereocenters. The van der Waals surface area contributed by atoms with E-state index >= 15 is 0 Å². The maximum atomic E-state index is 6.08. The molecular formula is C18H19NO. The Hall–Kier alpha value is -2.22. The minimum absolute atomic E-state index is 0.587. The van der Waals surface area contributed by atoms with Crippen molar-refractivity contribution in [3.63, 3.8) is 0 Å². The molecule has 0 amide bonds. The predicted octanol–water partition coefficient (Wildman–Crippen LogP) is 4.42. The highest BCUT2D eigenvalue weighted by molar-refractivity contribution is 5.77. The van der Waals surface area contributed by atoms with Gasteiger partial charge in [-0.25, -0.2) is 0 Å². The highest BCUT2D eigenvalue weighted by atomic mass is 16.5. The molecule has 0 fully saturated rings. The third-order valence-corrected chi connectivity index (χ3v) is 3.66. The lowest BCUT2D eigenvalue weighted by atomic mass is 10.0. The van der Waals surface area contributed by atoms with E-state index in [1.165, 1.54) is 17.6 Å². The van der Waals surface area contributed by atoms with Crippen LogP contribution in [0, 0.1) is 0 Å². The molecule has 3 rings (SSSR count). The summed E-state index contributed by atoms with van der Waals surface area (Å²) in [4.78, 5) is 0. The zero-order valence-corrected chi connectivity index (χ0v) is 11.5. The molecule has 0 atom stereocenters. The fourth-order valence-corrected chi connectivity index (χ4v) is 2.56. The van der Waals surface area contributed by atoms with Gasteiger partial charge in [-0.05, 0) is 48.6 Å². The average Bonchev–Trinajstić information content (AvgIpc) is 3.01. The van der Waals surface area contributed by atoms with Gasteiger partial charge in [0.15, 0.2) is 0 Å². The summed E-state index contributed by atoms with van der Waals surface area (Å²) in [5.74, 6) is 0.880. The molecule has 20 heavy (non-hydrogen) atoms. The molecule has 0 bridgehead atoms. The lowest BCUT2D eigenvalue weighted by molar-refractivity contribution is 0.306. The lowest BCUT2D eigenvalue weighted by Gasteiger charge is -2.11. The molecule has 0 aromatic heterocycles. The van der Waals surface area contributed by atoms with E-state index in [9.17, 15) is 0 Å². The number of allylic oxidation sites excluding steroid dienone is 2. The Bertz CT molecular complexity index is 617. The predicted molar refractivity (Wildman–Crippen MR) is 83.5 cm³/mol. The van der Waals surface area contributed by atoms with Crippen LogP contribution in [-0.4, -0.2) is 0 Å². The minimum Gasteiger partial charge on any atom is -0.489 e. The molecule has 2 N–H and O–H groups in total. The minimum atomic E-state index is 0.587. The van der Waals surface area contributed by atoms with Crippen LogP contribution in [0.4, 0.5) is 5.69 Å². The fourth-order valence-electron chi connectivity index (χ4n) is 2.56. The van der Waals surface area contributed by atoms with Crippen LogP contribution in [-0.2, 0) is 6.61 Å². The molecule has 2 aromatic carbocycles. The first kappa shape index (κ1) is 12.8. The third-order valence-electron chi connectivity index (χ3n) is 3.66. The van der Waals surface area contributed by atoms with E-state index in [0.717, 1.165) is 29.8 Å². The second-order valence-electron chi connectivity index (χ2n) is 5.14. The highest BCUT2D eigenvalue weighted by Gasteiger charge is 2.11. The van der Waals surface area contributed by atoms with Gasteiger partial charge in [0.1, 0.15) is 12.4 Å². The molecule has 2 aromatic rings. The van der Waals surface area contributed by atoms with E-state index < -0.39 is 0 Å². The Morgan fingerprint density at radius 2 is 1.90 bits per heavy atom. The number of anilines is 1. The first-order valence-electron chi connectivity index (χ1n) is 7.08. The van der Waals surface area contributed by atoms with Crippen molar-refractivity contribution in [2.45, 2.75) is 25.9 Å². The Balaban J connectivity index is 1.75. The van der Waals surface area contributed by atoms with Gasteiger partial charge in [0.2, 0.25) is 0 Å². The summed E-state index contributed by atoms with van der Waals surface area (Å²) in [7, 11) is 0. The molecule has 2 nitrogen and oxygen atoms in total. The van der Waals surface area contributed by atoms with Crippen LogP contribution in [0.5, 0.6) is 5.75 Å². The van der Waals surface area contributed by atoms with Crippen molar-refractivity contribution in [3.8, 4) is 5.75 Å². The van der Waals surface area contributed by atoms with Crippen LogP contribution in [0.3, 0.4) is 0 Å². The molecule has 0 saturated heterocycles. The van der Waals surface area contributed by atoms with Gasteiger partial charge in [0.25, 0.3) is 0 Å². The van der Waals surface area contributed by atoms with Crippen molar-refractivity contribution in [2.24, 2.45) is 0 Å². The van der Waals surface area contributed by atoms with Crippen molar-refractivity contribution >= 4 is 11.3 Å². The molecule has 0 spiro atoms. The molecule has 0 radical (unpaired) electrons. The first-order valence-corrected chi connectivity index (χ1v) is 7.08. The van der Waals surface area contributed by atoms with Gasteiger partial charge in [0, 0.05) is 11.3 Å². The van der Waals surface area contributed by atoms with E-state index in [0.29, 0.717) is 6.61 Å². The number of hydrogen-bond acceptors (Lipinski definition) is 2. The topological polar surface area (TPSA) is 35.2 Å². The Morgan fingerprint density at radius 3 is 2.65 bits per heavy atom.